The van der Waals surface area contributed by atoms with Crippen molar-refractivity contribution < 1.29 is 9.59 Å². The molecule has 0 atom stereocenters. The molecule has 0 spiro atoms. The Morgan fingerprint density at radius 2 is 1.88 bits per heavy atom. The lowest BCUT2D eigenvalue weighted by Crippen LogP contribution is -2.50. The number of benzene rings is 1. The van der Waals surface area contributed by atoms with Gasteiger partial charge in [0, 0.05) is 31.6 Å². The van der Waals surface area contributed by atoms with Crippen LogP contribution in [-0.4, -0.2) is 36.0 Å². The first-order chi connectivity index (χ1) is 12.0. The van der Waals surface area contributed by atoms with Gasteiger partial charge in [0.25, 0.3) is 0 Å². The number of urea groups is 1. The number of amides is 3. The van der Waals surface area contributed by atoms with Crippen LogP contribution in [0.5, 0.6) is 0 Å². The van der Waals surface area contributed by atoms with E-state index < -0.39 is 0 Å². The van der Waals surface area contributed by atoms with Gasteiger partial charge in [-0.1, -0.05) is 43.7 Å². The van der Waals surface area contributed by atoms with E-state index in [1.165, 1.54) is 5.56 Å². The fourth-order valence-electron chi connectivity index (χ4n) is 3.38. The van der Waals surface area contributed by atoms with Crippen molar-refractivity contribution >= 4 is 11.9 Å². The van der Waals surface area contributed by atoms with Crippen LogP contribution in [0.15, 0.2) is 24.3 Å². The number of carbonyl (C=O) groups excluding carboxylic acids is 2. The monoisotopic (exact) mass is 345 g/mol. The van der Waals surface area contributed by atoms with E-state index in [0.29, 0.717) is 6.54 Å². The van der Waals surface area contributed by atoms with Crippen LogP contribution in [0.2, 0.25) is 0 Å². The van der Waals surface area contributed by atoms with Gasteiger partial charge in [0.1, 0.15) is 0 Å². The molecule has 1 fully saturated rings. The SMILES string of the molecule is CCC(CC)C(=O)N1CCC(NC(=O)NCc2cccc(C)c2)CC1. The molecule has 25 heavy (non-hydrogen) atoms. The Morgan fingerprint density at radius 1 is 1.20 bits per heavy atom. The van der Waals surface area contributed by atoms with Gasteiger partial charge < -0.3 is 15.5 Å². The van der Waals surface area contributed by atoms with E-state index in [-0.39, 0.29) is 23.9 Å². The molecule has 1 aromatic rings. The highest BCUT2D eigenvalue weighted by Crippen LogP contribution is 2.17. The van der Waals surface area contributed by atoms with Crippen molar-refractivity contribution in [2.45, 2.75) is 59.0 Å². The first-order valence-corrected chi connectivity index (χ1v) is 9.42. The minimum Gasteiger partial charge on any atom is -0.342 e. The predicted octanol–water partition coefficient (Wildman–Crippen LogP) is 3.22. The van der Waals surface area contributed by atoms with Crippen molar-refractivity contribution in [3.05, 3.63) is 35.4 Å². The summed E-state index contributed by atoms with van der Waals surface area (Å²) in [6, 6.07) is 8.13. The molecule has 1 aliphatic rings. The Kier molecular flexibility index (Phi) is 7.29. The number of piperidine rings is 1. The molecule has 0 unspecified atom stereocenters. The molecule has 1 heterocycles. The Morgan fingerprint density at radius 3 is 2.48 bits per heavy atom. The van der Waals surface area contributed by atoms with Crippen LogP contribution in [0.3, 0.4) is 0 Å². The van der Waals surface area contributed by atoms with E-state index in [4.69, 9.17) is 0 Å². The highest BCUT2D eigenvalue weighted by molar-refractivity contribution is 5.79. The van der Waals surface area contributed by atoms with Gasteiger partial charge in [-0.05, 0) is 38.2 Å². The predicted molar refractivity (Wildman–Crippen MR) is 100 cm³/mol. The van der Waals surface area contributed by atoms with Crippen LogP contribution in [0.1, 0.15) is 50.7 Å². The first-order valence-electron chi connectivity index (χ1n) is 9.42. The first kappa shape index (κ1) is 19.3. The number of hydrogen-bond acceptors (Lipinski definition) is 2. The van der Waals surface area contributed by atoms with Crippen molar-refractivity contribution in [3.63, 3.8) is 0 Å². The Balaban J connectivity index is 1.72. The highest BCUT2D eigenvalue weighted by atomic mass is 16.2. The lowest BCUT2D eigenvalue weighted by molar-refractivity contribution is -0.136. The lowest BCUT2D eigenvalue weighted by atomic mass is 9.98. The van der Waals surface area contributed by atoms with E-state index in [1.54, 1.807) is 0 Å². The van der Waals surface area contributed by atoms with Gasteiger partial charge in [0.2, 0.25) is 5.91 Å². The van der Waals surface area contributed by atoms with Gasteiger partial charge in [-0.2, -0.15) is 0 Å². The van der Waals surface area contributed by atoms with Crippen LogP contribution in [-0.2, 0) is 11.3 Å². The van der Waals surface area contributed by atoms with Crippen LogP contribution in [0.25, 0.3) is 0 Å². The topological polar surface area (TPSA) is 61.4 Å². The number of nitrogens with one attached hydrogen (secondary N) is 2. The average Bonchev–Trinajstić information content (AvgIpc) is 2.61. The summed E-state index contributed by atoms with van der Waals surface area (Å²) in [6.07, 6.45) is 3.44. The molecule has 0 saturated carbocycles. The maximum absolute atomic E-state index is 12.4. The van der Waals surface area contributed by atoms with Crippen LogP contribution >= 0.6 is 0 Å². The van der Waals surface area contributed by atoms with E-state index in [9.17, 15) is 9.59 Å². The zero-order valence-corrected chi connectivity index (χ0v) is 15.7. The summed E-state index contributed by atoms with van der Waals surface area (Å²) in [7, 11) is 0. The van der Waals surface area contributed by atoms with Gasteiger partial charge in [0.15, 0.2) is 0 Å². The number of hydrogen-bond donors (Lipinski definition) is 2. The summed E-state index contributed by atoms with van der Waals surface area (Å²) in [4.78, 5) is 26.4. The number of aryl methyl sites for hydroxylation is 1. The minimum absolute atomic E-state index is 0.133. The van der Waals surface area contributed by atoms with Crippen molar-refractivity contribution in [2.75, 3.05) is 13.1 Å². The van der Waals surface area contributed by atoms with Crippen molar-refractivity contribution in [3.8, 4) is 0 Å². The molecule has 1 saturated heterocycles. The van der Waals surface area contributed by atoms with Crippen LogP contribution in [0, 0.1) is 12.8 Å². The molecular formula is C20H31N3O2. The fraction of sp³-hybridized carbons (Fsp3) is 0.600. The second-order valence-electron chi connectivity index (χ2n) is 6.93. The Hall–Kier alpha value is -2.04. The molecule has 3 amide bonds. The second-order valence-corrected chi connectivity index (χ2v) is 6.93. The van der Waals surface area contributed by atoms with Crippen molar-refractivity contribution in [1.29, 1.82) is 0 Å². The molecule has 2 rings (SSSR count). The molecule has 1 aromatic carbocycles. The summed E-state index contributed by atoms with van der Waals surface area (Å²) in [5, 5.41) is 5.95. The number of nitrogens with zero attached hydrogens (tertiary/aromatic N) is 1. The van der Waals surface area contributed by atoms with Gasteiger partial charge in [0.05, 0.1) is 0 Å². The maximum atomic E-state index is 12.4. The van der Waals surface area contributed by atoms with Gasteiger partial charge in [-0.3, -0.25) is 4.79 Å². The van der Waals surface area contributed by atoms with Crippen LogP contribution in [0.4, 0.5) is 4.79 Å². The molecule has 138 valence electrons. The molecule has 1 aliphatic heterocycles. The quantitative estimate of drug-likeness (QED) is 0.831. The van der Waals surface area contributed by atoms with Crippen LogP contribution < -0.4 is 10.6 Å². The summed E-state index contributed by atoms with van der Waals surface area (Å²) >= 11 is 0. The summed E-state index contributed by atoms with van der Waals surface area (Å²) in [6.45, 7) is 8.17. The van der Waals surface area contributed by atoms with E-state index in [2.05, 4.69) is 30.5 Å². The lowest BCUT2D eigenvalue weighted by Gasteiger charge is -2.34. The van der Waals surface area contributed by atoms with Gasteiger partial charge in [-0.25, -0.2) is 4.79 Å². The zero-order valence-electron chi connectivity index (χ0n) is 15.7. The Labute approximate surface area is 151 Å². The number of likely N-dealkylation sites (tertiary alicyclic amines) is 1. The zero-order chi connectivity index (χ0) is 18.2. The van der Waals surface area contributed by atoms with Crippen molar-refractivity contribution in [1.82, 2.24) is 15.5 Å². The number of carbonyl (C=O) groups is 2. The third kappa shape index (κ3) is 5.76. The van der Waals surface area contributed by atoms with E-state index in [0.717, 1.165) is 44.3 Å². The minimum atomic E-state index is -0.133. The summed E-state index contributed by atoms with van der Waals surface area (Å²) in [5.74, 6) is 0.412. The molecule has 2 N–H and O–H groups in total. The summed E-state index contributed by atoms with van der Waals surface area (Å²) in [5.41, 5.74) is 2.29. The fourth-order valence-corrected chi connectivity index (χ4v) is 3.38. The molecule has 0 bridgehead atoms. The average molecular weight is 345 g/mol. The maximum Gasteiger partial charge on any atom is 0.315 e. The van der Waals surface area contributed by atoms with Crippen molar-refractivity contribution in [2.24, 2.45) is 5.92 Å². The summed E-state index contributed by atoms with van der Waals surface area (Å²) < 4.78 is 0. The second kappa shape index (κ2) is 9.44. The van der Waals surface area contributed by atoms with Gasteiger partial charge in [-0.15, -0.1) is 0 Å². The largest absolute Gasteiger partial charge is 0.342 e. The van der Waals surface area contributed by atoms with Gasteiger partial charge >= 0.3 is 6.03 Å². The normalized spacial score (nSPS) is 15.3. The Bertz CT molecular complexity index is 576. The highest BCUT2D eigenvalue weighted by Gasteiger charge is 2.27. The molecule has 0 aliphatic carbocycles. The molecular weight excluding hydrogens is 314 g/mol. The molecule has 5 heteroatoms. The van der Waals surface area contributed by atoms with E-state index in [1.807, 2.05) is 30.0 Å². The molecule has 0 aromatic heterocycles. The standard InChI is InChI=1S/C20H31N3O2/c1-4-17(5-2)19(24)23-11-9-18(10-12-23)22-20(25)21-14-16-8-6-7-15(3)13-16/h6-8,13,17-18H,4-5,9-12,14H2,1-3H3,(H2,21,22,25). The smallest absolute Gasteiger partial charge is 0.315 e. The third-order valence-corrected chi connectivity index (χ3v) is 5.01. The third-order valence-electron chi connectivity index (χ3n) is 5.01. The number of rotatable bonds is 6. The van der Waals surface area contributed by atoms with E-state index >= 15 is 0 Å². The molecule has 0 radical (unpaired) electrons. The molecule has 5 nitrogen and oxygen atoms in total.